The summed E-state index contributed by atoms with van der Waals surface area (Å²) >= 11 is 2.21. The number of aliphatic hydroxyl groups is 1. The van der Waals surface area contributed by atoms with Crippen molar-refractivity contribution in [1.29, 1.82) is 0 Å². The highest BCUT2D eigenvalue weighted by Crippen LogP contribution is 2.65. The molecule has 4 nitrogen and oxygen atoms in total. The van der Waals surface area contributed by atoms with Gasteiger partial charge in [0.05, 0.1) is 29.0 Å². The average Bonchev–Trinajstić information content (AvgIpc) is 3.05. The predicted molar refractivity (Wildman–Crippen MR) is 126 cm³/mol. The molecule has 7 rings (SSSR count). The quantitative estimate of drug-likeness (QED) is 0.406. The van der Waals surface area contributed by atoms with Crippen LogP contribution in [-0.2, 0) is 15.0 Å². The third kappa shape index (κ3) is 2.23. The lowest BCUT2D eigenvalue weighted by Crippen LogP contribution is -2.58. The molecular formula is C26H20INO3. The fraction of sp³-hybridized carbons (Fsp3) is 0.231. The summed E-state index contributed by atoms with van der Waals surface area (Å²) in [5, 5.41) is 11.3. The highest BCUT2D eigenvalue weighted by Gasteiger charge is 2.69. The Balaban J connectivity index is 1.66. The van der Waals surface area contributed by atoms with Crippen molar-refractivity contribution in [3.63, 3.8) is 0 Å². The van der Waals surface area contributed by atoms with Crippen molar-refractivity contribution in [2.75, 3.05) is 4.90 Å². The summed E-state index contributed by atoms with van der Waals surface area (Å²) in [5.74, 6) is -1.73. The van der Waals surface area contributed by atoms with Crippen molar-refractivity contribution in [2.45, 2.75) is 24.4 Å². The molecule has 0 aromatic heterocycles. The number of rotatable bonds is 2. The van der Waals surface area contributed by atoms with Crippen molar-refractivity contribution in [2.24, 2.45) is 11.8 Å². The molecule has 154 valence electrons. The number of hydrogen-bond donors (Lipinski definition) is 1. The molecule has 0 spiro atoms. The van der Waals surface area contributed by atoms with E-state index in [-0.39, 0.29) is 17.7 Å². The van der Waals surface area contributed by atoms with Gasteiger partial charge in [0.15, 0.2) is 0 Å². The van der Waals surface area contributed by atoms with E-state index in [1.54, 1.807) is 6.92 Å². The van der Waals surface area contributed by atoms with E-state index >= 15 is 0 Å². The first-order valence-corrected chi connectivity index (χ1v) is 11.6. The number of imide groups is 1. The second kappa shape index (κ2) is 6.50. The number of anilines is 1. The van der Waals surface area contributed by atoms with Gasteiger partial charge in [0.1, 0.15) is 0 Å². The van der Waals surface area contributed by atoms with Crippen LogP contribution in [0.5, 0.6) is 0 Å². The van der Waals surface area contributed by atoms with Crippen molar-refractivity contribution < 1.29 is 14.7 Å². The lowest BCUT2D eigenvalue weighted by Gasteiger charge is -2.55. The number of hydrogen-bond acceptors (Lipinski definition) is 3. The number of nitrogens with zero attached hydrogens (tertiary/aromatic N) is 1. The second-order valence-electron chi connectivity index (χ2n) is 8.69. The third-order valence-electron chi connectivity index (χ3n) is 7.43. The second-order valence-corrected chi connectivity index (χ2v) is 9.93. The Bertz CT molecular complexity index is 1200. The first-order valence-electron chi connectivity index (χ1n) is 10.5. The summed E-state index contributed by atoms with van der Waals surface area (Å²) in [4.78, 5) is 29.1. The van der Waals surface area contributed by atoms with Crippen LogP contribution < -0.4 is 4.90 Å². The number of halogens is 1. The van der Waals surface area contributed by atoms with E-state index in [0.29, 0.717) is 5.69 Å². The van der Waals surface area contributed by atoms with Gasteiger partial charge in [-0.25, -0.2) is 4.90 Å². The summed E-state index contributed by atoms with van der Waals surface area (Å²) in [6, 6.07) is 23.5. The van der Waals surface area contributed by atoms with Gasteiger partial charge in [0.25, 0.3) is 0 Å². The highest BCUT2D eigenvalue weighted by atomic mass is 127. The number of carbonyl (C=O) groups excluding carboxylic acids is 2. The fourth-order valence-corrected chi connectivity index (χ4v) is 6.74. The molecule has 0 saturated carbocycles. The van der Waals surface area contributed by atoms with Crippen LogP contribution in [0.1, 0.15) is 35.1 Å². The minimum absolute atomic E-state index is 0.171. The maximum Gasteiger partial charge on any atom is 0.239 e. The van der Waals surface area contributed by atoms with E-state index in [0.717, 1.165) is 25.8 Å². The van der Waals surface area contributed by atoms with E-state index in [4.69, 9.17) is 0 Å². The van der Waals surface area contributed by atoms with Crippen LogP contribution in [0, 0.1) is 15.4 Å². The molecule has 0 unspecified atom stereocenters. The van der Waals surface area contributed by atoms with E-state index in [2.05, 4.69) is 34.7 Å². The molecule has 5 heteroatoms. The highest BCUT2D eigenvalue weighted by molar-refractivity contribution is 14.1. The van der Waals surface area contributed by atoms with Gasteiger partial charge in [0, 0.05) is 9.49 Å². The Morgan fingerprint density at radius 1 is 0.871 bits per heavy atom. The molecule has 1 aliphatic heterocycles. The zero-order chi connectivity index (χ0) is 21.5. The van der Waals surface area contributed by atoms with Crippen molar-refractivity contribution in [1.82, 2.24) is 0 Å². The first-order chi connectivity index (χ1) is 15.0. The van der Waals surface area contributed by atoms with Crippen LogP contribution in [0.2, 0.25) is 0 Å². The summed E-state index contributed by atoms with van der Waals surface area (Å²) in [6.45, 7) is 1.75. The van der Waals surface area contributed by atoms with Crippen molar-refractivity contribution in [3.05, 3.63) is 98.6 Å². The van der Waals surface area contributed by atoms with Crippen LogP contribution in [0.15, 0.2) is 72.8 Å². The molecule has 1 N–H and O–H groups in total. The Labute approximate surface area is 194 Å². The smallest absolute Gasteiger partial charge is 0.239 e. The molecule has 1 saturated heterocycles. The maximum absolute atomic E-state index is 13.9. The van der Waals surface area contributed by atoms with Gasteiger partial charge in [-0.05, 0) is 76.0 Å². The number of benzene rings is 3. The largest absolute Gasteiger partial charge is 0.392 e. The normalized spacial score (nSPS) is 28.9. The number of carbonyl (C=O) groups is 2. The van der Waals surface area contributed by atoms with Crippen LogP contribution in [0.3, 0.4) is 0 Å². The minimum atomic E-state index is -0.947. The van der Waals surface area contributed by atoms with Crippen molar-refractivity contribution in [3.8, 4) is 0 Å². The van der Waals surface area contributed by atoms with Crippen LogP contribution in [0.4, 0.5) is 5.69 Å². The van der Waals surface area contributed by atoms with E-state index in [1.165, 1.54) is 4.90 Å². The predicted octanol–water partition coefficient (Wildman–Crippen LogP) is 4.22. The van der Waals surface area contributed by atoms with Gasteiger partial charge >= 0.3 is 0 Å². The third-order valence-corrected chi connectivity index (χ3v) is 8.15. The van der Waals surface area contributed by atoms with E-state index in [1.807, 2.05) is 60.7 Å². The molecule has 4 aliphatic rings. The molecule has 2 amide bonds. The average molecular weight is 521 g/mol. The van der Waals surface area contributed by atoms with Crippen LogP contribution in [0.25, 0.3) is 0 Å². The van der Waals surface area contributed by atoms with Gasteiger partial charge in [0.2, 0.25) is 11.8 Å². The summed E-state index contributed by atoms with van der Waals surface area (Å²) in [6.07, 6.45) is -0.836. The first kappa shape index (κ1) is 19.2. The van der Waals surface area contributed by atoms with Gasteiger partial charge in [-0.1, -0.05) is 48.5 Å². The molecule has 3 aliphatic carbocycles. The van der Waals surface area contributed by atoms with Crippen LogP contribution in [-0.4, -0.2) is 23.0 Å². The SMILES string of the molecule is C[C@H](O)C12c3ccccc3C(c3ccccc31)[C@@H]1C(=O)N(c3ccc(I)cc3)C(=O)[C@@H]12. The van der Waals surface area contributed by atoms with Gasteiger partial charge in [-0.3, -0.25) is 9.59 Å². The Morgan fingerprint density at radius 3 is 1.97 bits per heavy atom. The Hall–Kier alpha value is -2.51. The fourth-order valence-electron chi connectivity index (χ4n) is 6.38. The topological polar surface area (TPSA) is 57.6 Å². The molecule has 3 atom stereocenters. The molecular weight excluding hydrogens is 501 g/mol. The molecule has 1 fully saturated rings. The zero-order valence-corrected chi connectivity index (χ0v) is 19.0. The lowest BCUT2D eigenvalue weighted by atomic mass is 9.46. The molecule has 2 bridgehead atoms. The van der Waals surface area contributed by atoms with Gasteiger partial charge in [-0.15, -0.1) is 0 Å². The monoisotopic (exact) mass is 521 g/mol. The van der Waals surface area contributed by atoms with Crippen molar-refractivity contribution >= 4 is 40.1 Å². The summed E-state index contributed by atoms with van der Waals surface area (Å²) in [7, 11) is 0. The van der Waals surface area contributed by atoms with Gasteiger partial charge < -0.3 is 5.11 Å². The summed E-state index contributed by atoms with van der Waals surface area (Å²) in [5.41, 5.74) is 3.69. The van der Waals surface area contributed by atoms with E-state index in [9.17, 15) is 14.7 Å². The Kier molecular flexibility index (Phi) is 4.02. The molecule has 1 heterocycles. The number of aliphatic hydroxyl groups excluding tert-OH is 1. The molecule has 3 aromatic rings. The molecule has 31 heavy (non-hydrogen) atoms. The summed E-state index contributed by atoms with van der Waals surface area (Å²) < 4.78 is 1.04. The zero-order valence-electron chi connectivity index (χ0n) is 16.8. The Morgan fingerprint density at radius 2 is 1.42 bits per heavy atom. The maximum atomic E-state index is 13.9. The van der Waals surface area contributed by atoms with Gasteiger partial charge in [-0.2, -0.15) is 0 Å². The van der Waals surface area contributed by atoms with Crippen LogP contribution >= 0.6 is 22.6 Å². The van der Waals surface area contributed by atoms with E-state index < -0.39 is 23.4 Å². The number of amides is 2. The standard InChI is InChI=1S/C26H20INO3/c1-14(29)26-19-8-4-2-6-17(19)21(18-7-3-5-9-20(18)26)22-23(26)25(31)28(24(22)30)16-12-10-15(27)11-13-16/h2-14,21-23,29H,1H3/t14-,21?,22-,23+,26?/m0/s1. The molecule has 0 radical (unpaired) electrons. The molecule has 3 aromatic carbocycles. The lowest BCUT2D eigenvalue weighted by molar-refractivity contribution is -0.126. The minimum Gasteiger partial charge on any atom is -0.392 e.